The maximum atomic E-state index is 14.6. The Kier molecular flexibility index (Phi) is 7.03. The lowest BCUT2D eigenvalue weighted by Gasteiger charge is -2.16. The summed E-state index contributed by atoms with van der Waals surface area (Å²) in [7, 11) is 1.64. The first-order chi connectivity index (χ1) is 17.9. The van der Waals surface area contributed by atoms with Gasteiger partial charge in [0.15, 0.2) is 0 Å². The molecule has 2 aromatic carbocycles. The molecule has 0 radical (unpaired) electrons. The second kappa shape index (κ2) is 10.1. The number of hydrogen-bond acceptors (Lipinski definition) is 5. The molecule has 0 fully saturated rings. The van der Waals surface area contributed by atoms with Crippen molar-refractivity contribution in [3.63, 3.8) is 0 Å². The van der Waals surface area contributed by atoms with Gasteiger partial charge in [0.1, 0.15) is 17.3 Å². The van der Waals surface area contributed by atoms with Crippen LogP contribution in [0.2, 0.25) is 0 Å². The molecule has 2 aromatic heterocycles. The summed E-state index contributed by atoms with van der Waals surface area (Å²) in [4.78, 5) is 34.3. The van der Waals surface area contributed by atoms with E-state index in [0.29, 0.717) is 35.2 Å². The fraction of sp³-hybridized carbons (Fsp3) is 0.200. The number of pyridine rings is 1. The van der Waals surface area contributed by atoms with E-state index >= 15 is 0 Å². The Morgan fingerprint density at radius 2 is 1.61 bits per heavy atom. The maximum absolute atomic E-state index is 14.6. The smallest absolute Gasteiger partial charge is 0.357 e. The molecule has 0 aliphatic rings. The van der Waals surface area contributed by atoms with Gasteiger partial charge in [-0.1, -0.05) is 6.07 Å². The number of rotatable bonds is 5. The lowest BCUT2D eigenvalue weighted by molar-refractivity contribution is -0.137. The third-order valence-corrected chi connectivity index (χ3v) is 5.58. The Balaban J connectivity index is 1.70. The molecule has 13 heteroatoms. The number of hydrogen-bond donors (Lipinski definition) is 3. The first-order valence-corrected chi connectivity index (χ1v) is 11.2. The van der Waals surface area contributed by atoms with Gasteiger partial charge in [0.2, 0.25) is 5.95 Å². The number of aromatic nitrogens is 3. The normalized spacial score (nSPS) is 11.6. The van der Waals surface area contributed by atoms with Gasteiger partial charge in [0, 0.05) is 30.2 Å². The molecule has 8 nitrogen and oxygen atoms in total. The highest BCUT2D eigenvalue weighted by Crippen LogP contribution is 2.32. The summed E-state index contributed by atoms with van der Waals surface area (Å²) in [6, 6.07) is 5.09. The number of carbonyl (C=O) groups is 1. The number of nitrogens with zero attached hydrogens (tertiary/aromatic N) is 3. The summed E-state index contributed by atoms with van der Waals surface area (Å²) in [6.45, 7) is 3.58. The standard InChI is InChI=1S/C25H21F5N6O2/c1-12(2)36-21-14(11-32-23(31-3)35-21)8-16(22(36)37)13-4-6-17(26)19(9-13)33-24(38)34-20-10-15(25(28,29)30)5-7-18(20)27/h4-12H,1-3H3,(H,31,32,35)(H2,33,34,38). The average molecular weight is 532 g/mol. The van der Waals surface area contributed by atoms with Crippen LogP contribution in [0.4, 0.5) is 44.1 Å². The van der Waals surface area contributed by atoms with Crippen molar-refractivity contribution in [2.75, 3.05) is 23.0 Å². The summed E-state index contributed by atoms with van der Waals surface area (Å²) in [5.41, 5.74) is -1.94. The molecular formula is C25H21F5N6O2. The zero-order valence-electron chi connectivity index (χ0n) is 20.2. The van der Waals surface area contributed by atoms with Crippen molar-refractivity contribution in [1.29, 1.82) is 0 Å². The zero-order valence-corrected chi connectivity index (χ0v) is 20.2. The van der Waals surface area contributed by atoms with Crippen LogP contribution in [0.3, 0.4) is 0 Å². The molecule has 0 saturated heterocycles. The Morgan fingerprint density at radius 3 is 2.21 bits per heavy atom. The molecule has 4 rings (SSSR count). The molecule has 0 aliphatic carbocycles. The summed E-state index contributed by atoms with van der Waals surface area (Å²) in [6.07, 6.45) is -3.24. The lowest BCUT2D eigenvalue weighted by atomic mass is 10.0. The number of amides is 2. The van der Waals surface area contributed by atoms with Crippen LogP contribution < -0.4 is 21.5 Å². The quantitative estimate of drug-likeness (QED) is 0.273. The van der Waals surface area contributed by atoms with Gasteiger partial charge in [-0.05, 0) is 55.8 Å². The van der Waals surface area contributed by atoms with Crippen LogP contribution in [0, 0.1) is 11.6 Å². The average Bonchev–Trinajstić information content (AvgIpc) is 2.85. The molecule has 198 valence electrons. The lowest BCUT2D eigenvalue weighted by Crippen LogP contribution is -2.25. The zero-order chi connectivity index (χ0) is 27.8. The van der Waals surface area contributed by atoms with Gasteiger partial charge in [-0.15, -0.1) is 0 Å². The van der Waals surface area contributed by atoms with E-state index < -0.39 is 40.7 Å². The third kappa shape index (κ3) is 5.26. The molecule has 0 unspecified atom stereocenters. The van der Waals surface area contributed by atoms with E-state index in [9.17, 15) is 31.5 Å². The van der Waals surface area contributed by atoms with Crippen molar-refractivity contribution >= 4 is 34.4 Å². The minimum atomic E-state index is -4.76. The highest BCUT2D eigenvalue weighted by Gasteiger charge is 2.31. The van der Waals surface area contributed by atoms with Gasteiger partial charge in [-0.2, -0.15) is 18.2 Å². The minimum Gasteiger partial charge on any atom is -0.357 e. The van der Waals surface area contributed by atoms with E-state index in [1.54, 1.807) is 20.9 Å². The molecule has 0 saturated carbocycles. The molecule has 0 aliphatic heterocycles. The summed E-state index contributed by atoms with van der Waals surface area (Å²) < 4.78 is 68.9. The van der Waals surface area contributed by atoms with Crippen molar-refractivity contribution in [1.82, 2.24) is 14.5 Å². The fourth-order valence-corrected chi connectivity index (χ4v) is 3.79. The van der Waals surface area contributed by atoms with Crippen LogP contribution in [-0.2, 0) is 6.18 Å². The Labute approximate surface area is 212 Å². The molecule has 2 heterocycles. The Bertz CT molecular complexity index is 1600. The van der Waals surface area contributed by atoms with E-state index in [4.69, 9.17) is 0 Å². The maximum Gasteiger partial charge on any atom is 0.416 e. The fourth-order valence-electron chi connectivity index (χ4n) is 3.79. The SMILES string of the molecule is CNc1ncc2cc(-c3ccc(F)c(NC(=O)Nc4cc(C(F)(F)F)ccc4F)c3)c(=O)n(C(C)C)c2n1. The Hall–Kier alpha value is -4.55. The molecule has 4 aromatic rings. The first kappa shape index (κ1) is 26.5. The van der Waals surface area contributed by atoms with Crippen LogP contribution in [0.5, 0.6) is 0 Å². The summed E-state index contributed by atoms with van der Waals surface area (Å²) in [5.74, 6) is -1.69. The predicted octanol–water partition coefficient (Wildman–Crippen LogP) is 6.02. The minimum absolute atomic E-state index is 0.166. The molecule has 2 amide bonds. The highest BCUT2D eigenvalue weighted by atomic mass is 19.4. The number of halogens is 5. The predicted molar refractivity (Wildman–Crippen MR) is 133 cm³/mol. The monoisotopic (exact) mass is 532 g/mol. The van der Waals surface area contributed by atoms with Crippen LogP contribution >= 0.6 is 0 Å². The van der Waals surface area contributed by atoms with E-state index in [1.807, 2.05) is 5.32 Å². The number of carbonyl (C=O) groups excluding carboxylic acids is 1. The van der Waals surface area contributed by atoms with E-state index in [-0.39, 0.29) is 22.9 Å². The number of nitrogens with one attached hydrogen (secondary N) is 3. The van der Waals surface area contributed by atoms with E-state index in [2.05, 4.69) is 20.6 Å². The van der Waals surface area contributed by atoms with Gasteiger partial charge in [0.25, 0.3) is 5.56 Å². The number of alkyl halides is 3. The van der Waals surface area contributed by atoms with Crippen molar-refractivity contribution in [2.24, 2.45) is 0 Å². The molecule has 3 N–H and O–H groups in total. The molecule has 38 heavy (non-hydrogen) atoms. The van der Waals surface area contributed by atoms with Crippen molar-refractivity contribution in [3.8, 4) is 11.1 Å². The number of anilines is 3. The van der Waals surface area contributed by atoms with Gasteiger partial charge in [-0.25, -0.2) is 18.6 Å². The summed E-state index contributed by atoms with van der Waals surface area (Å²) >= 11 is 0. The van der Waals surface area contributed by atoms with Crippen LogP contribution in [0.15, 0.2) is 53.5 Å². The second-order valence-corrected chi connectivity index (χ2v) is 8.52. The number of urea groups is 1. The molecule has 0 bridgehead atoms. The second-order valence-electron chi connectivity index (χ2n) is 8.52. The molecule has 0 spiro atoms. The van der Waals surface area contributed by atoms with Crippen LogP contribution in [0.25, 0.3) is 22.2 Å². The van der Waals surface area contributed by atoms with Gasteiger partial charge in [0.05, 0.1) is 16.9 Å². The first-order valence-electron chi connectivity index (χ1n) is 11.2. The van der Waals surface area contributed by atoms with E-state index in [0.717, 1.165) is 6.07 Å². The van der Waals surface area contributed by atoms with Gasteiger partial charge in [-0.3, -0.25) is 9.36 Å². The topological polar surface area (TPSA) is 101 Å². The van der Waals surface area contributed by atoms with E-state index in [1.165, 1.54) is 29.0 Å². The van der Waals surface area contributed by atoms with Gasteiger partial charge < -0.3 is 16.0 Å². The van der Waals surface area contributed by atoms with Gasteiger partial charge >= 0.3 is 12.2 Å². The van der Waals surface area contributed by atoms with Crippen molar-refractivity contribution < 1.29 is 26.7 Å². The number of fused-ring (bicyclic) bond motifs is 1. The Morgan fingerprint density at radius 1 is 0.974 bits per heavy atom. The highest BCUT2D eigenvalue weighted by molar-refractivity contribution is 6.00. The van der Waals surface area contributed by atoms with Crippen LogP contribution in [0.1, 0.15) is 25.5 Å². The summed E-state index contributed by atoms with van der Waals surface area (Å²) in [5, 5.41) is 7.44. The third-order valence-electron chi connectivity index (χ3n) is 5.58. The largest absolute Gasteiger partial charge is 0.416 e. The van der Waals surface area contributed by atoms with Crippen molar-refractivity contribution in [3.05, 3.63) is 76.2 Å². The molecule has 0 atom stereocenters. The molecular weight excluding hydrogens is 511 g/mol. The van der Waals surface area contributed by atoms with Crippen LogP contribution in [-0.4, -0.2) is 27.6 Å². The number of benzene rings is 2. The van der Waals surface area contributed by atoms with Crippen molar-refractivity contribution in [2.45, 2.75) is 26.1 Å².